The molecule has 4 nitrogen and oxygen atoms in total. The minimum absolute atomic E-state index is 0.367. The molecule has 0 saturated carbocycles. The van der Waals surface area contributed by atoms with Gasteiger partial charge in [-0.1, -0.05) is 11.6 Å². The second-order valence-electron chi connectivity index (χ2n) is 3.64. The van der Waals surface area contributed by atoms with E-state index in [-0.39, 0.29) is 0 Å². The lowest BCUT2D eigenvalue weighted by Crippen LogP contribution is -2.32. The van der Waals surface area contributed by atoms with Gasteiger partial charge < -0.3 is 9.64 Å². The normalized spacial score (nSPS) is 14.4. The third kappa shape index (κ3) is 2.18. The fourth-order valence-corrected chi connectivity index (χ4v) is 1.96. The van der Waals surface area contributed by atoms with Crippen molar-refractivity contribution in [2.75, 3.05) is 24.7 Å². The molecule has 5 heteroatoms. The molecule has 0 unspecified atom stereocenters. The average molecular weight is 254 g/mol. The highest BCUT2D eigenvalue weighted by molar-refractivity contribution is 6.52. The quantitative estimate of drug-likeness (QED) is 0.608. The largest absolute Gasteiger partial charge is 0.380 e. The summed E-state index contributed by atoms with van der Waals surface area (Å²) in [6.07, 6.45) is 0. The minimum Gasteiger partial charge on any atom is -0.380 e. The van der Waals surface area contributed by atoms with Crippen LogP contribution in [0.3, 0.4) is 0 Å². The molecule has 1 aliphatic rings. The maximum atomic E-state index is 11.7. The van der Waals surface area contributed by atoms with Crippen molar-refractivity contribution in [2.24, 2.45) is 0 Å². The molecule has 0 radical (unpaired) electrons. The van der Waals surface area contributed by atoms with Crippen LogP contribution in [0.25, 0.3) is 0 Å². The summed E-state index contributed by atoms with van der Waals surface area (Å²) in [5.74, 6) is -0.991. The van der Waals surface area contributed by atoms with Crippen LogP contribution < -0.4 is 4.90 Å². The van der Waals surface area contributed by atoms with Crippen LogP contribution in [0.5, 0.6) is 0 Å². The van der Waals surface area contributed by atoms with Crippen molar-refractivity contribution in [3.63, 3.8) is 0 Å². The second-order valence-corrected chi connectivity index (χ2v) is 4.08. The Morgan fingerprint density at radius 2 is 2.12 bits per heavy atom. The smallest absolute Gasteiger partial charge is 0.299 e. The number of nitrogens with zero attached hydrogens (tertiary/aromatic N) is 1. The fraction of sp³-hybridized carbons (Fsp3) is 0.333. The molecule has 0 atom stereocenters. The molecule has 1 amide bonds. The first kappa shape index (κ1) is 12.1. The Labute approximate surface area is 104 Å². The molecule has 1 aromatic rings. The number of benzene rings is 1. The van der Waals surface area contributed by atoms with Gasteiger partial charge in [-0.25, -0.2) is 0 Å². The van der Waals surface area contributed by atoms with E-state index in [2.05, 4.69) is 0 Å². The number of carbonyl (C=O) groups is 2. The van der Waals surface area contributed by atoms with Crippen molar-refractivity contribution < 1.29 is 14.3 Å². The molecule has 1 aliphatic heterocycles. The van der Waals surface area contributed by atoms with Crippen molar-refractivity contribution in [1.82, 2.24) is 0 Å². The van der Waals surface area contributed by atoms with Crippen LogP contribution in [0.2, 0.25) is 5.02 Å². The van der Waals surface area contributed by atoms with Crippen molar-refractivity contribution in [3.8, 4) is 0 Å². The molecule has 0 N–H and O–H groups in total. The number of anilines is 1. The van der Waals surface area contributed by atoms with E-state index in [1.165, 1.54) is 4.90 Å². The summed E-state index contributed by atoms with van der Waals surface area (Å²) < 4.78 is 5.19. The first-order valence-electron chi connectivity index (χ1n) is 5.38. The van der Waals surface area contributed by atoms with Gasteiger partial charge in [0, 0.05) is 18.2 Å². The van der Waals surface area contributed by atoms with E-state index in [1.54, 1.807) is 18.2 Å². The molecule has 0 aliphatic carbocycles. The number of Topliss-reactive ketones (excluding diaryl/α,β-unsaturated/α-hetero) is 1. The van der Waals surface area contributed by atoms with Gasteiger partial charge in [-0.05, 0) is 25.1 Å². The SMILES string of the molecule is CCOCCN1C(=O)C(=O)c2ccc(Cl)cc21. The number of rotatable bonds is 4. The maximum absolute atomic E-state index is 11.7. The highest BCUT2D eigenvalue weighted by atomic mass is 35.5. The van der Waals surface area contributed by atoms with Crippen LogP contribution in [0.15, 0.2) is 18.2 Å². The topological polar surface area (TPSA) is 46.6 Å². The Morgan fingerprint density at radius 3 is 2.82 bits per heavy atom. The van der Waals surface area contributed by atoms with Gasteiger partial charge in [0.05, 0.1) is 17.9 Å². The van der Waals surface area contributed by atoms with Crippen LogP contribution in [-0.4, -0.2) is 31.4 Å². The monoisotopic (exact) mass is 253 g/mol. The number of halogens is 1. The summed E-state index contributed by atoms with van der Waals surface area (Å²) >= 11 is 5.86. The Kier molecular flexibility index (Phi) is 3.45. The van der Waals surface area contributed by atoms with E-state index < -0.39 is 11.7 Å². The Bertz CT molecular complexity index is 473. The van der Waals surface area contributed by atoms with Crippen molar-refractivity contribution in [3.05, 3.63) is 28.8 Å². The minimum atomic E-state index is -0.512. The maximum Gasteiger partial charge on any atom is 0.299 e. The third-order valence-corrected chi connectivity index (χ3v) is 2.83. The summed E-state index contributed by atoms with van der Waals surface area (Å²) in [5.41, 5.74) is 0.989. The predicted molar refractivity (Wildman–Crippen MR) is 64.6 cm³/mol. The summed E-state index contributed by atoms with van der Waals surface area (Å²) in [6.45, 7) is 3.23. The zero-order valence-electron chi connectivity index (χ0n) is 9.40. The molecular formula is C12H12ClNO3. The molecule has 0 aromatic heterocycles. The van der Waals surface area contributed by atoms with Gasteiger partial charge in [0.25, 0.3) is 11.7 Å². The molecule has 1 heterocycles. The van der Waals surface area contributed by atoms with Gasteiger partial charge >= 0.3 is 0 Å². The summed E-state index contributed by atoms with van der Waals surface area (Å²) in [6, 6.07) is 4.82. The van der Waals surface area contributed by atoms with Crippen LogP contribution in [0.1, 0.15) is 17.3 Å². The molecule has 0 fully saturated rings. The summed E-state index contributed by atoms with van der Waals surface area (Å²) in [7, 11) is 0. The van der Waals surface area contributed by atoms with Crippen molar-refractivity contribution in [1.29, 1.82) is 0 Å². The van der Waals surface area contributed by atoms with Crippen LogP contribution in [0.4, 0.5) is 5.69 Å². The number of carbonyl (C=O) groups excluding carboxylic acids is 2. The Morgan fingerprint density at radius 1 is 1.35 bits per heavy atom. The molecular weight excluding hydrogens is 242 g/mol. The molecule has 90 valence electrons. The fourth-order valence-electron chi connectivity index (χ4n) is 1.79. The summed E-state index contributed by atoms with van der Waals surface area (Å²) in [4.78, 5) is 24.8. The van der Waals surface area contributed by atoms with E-state index in [9.17, 15) is 9.59 Å². The standard InChI is InChI=1S/C12H12ClNO3/c1-2-17-6-5-14-10-7-8(13)3-4-9(10)11(15)12(14)16/h3-4,7H,2,5-6H2,1H3. The van der Waals surface area contributed by atoms with E-state index in [0.29, 0.717) is 36.0 Å². The summed E-state index contributed by atoms with van der Waals surface area (Å²) in [5, 5.41) is 0.507. The third-order valence-electron chi connectivity index (χ3n) is 2.60. The van der Waals surface area contributed by atoms with Gasteiger partial charge in [0.2, 0.25) is 0 Å². The molecule has 0 saturated heterocycles. The van der Waals surface area contributed by atoms with Crippen molar-refractivity contribution in [2.45, 2.75) is 6.92 Å². The first-order valence-corrected chi connectivity index (χ1v) is 5.76. The number of hydrogen-bond acceptors (Lipinski definition) is 3. The highest BCUT2D eigenvalue weighted by Gasteiger charge is 2.35. The second kappa shape index (κ2) is 4.85. The molecule has 0 spiro atoms. The first-order chi connectivity index (χ1) is 8.15. The van der Waals surface area contributed by atoms with E-state index in [4.69, 9.17) is 16.3 Å². The molecule has 17 heavy (non-hydrogen) atoms. The van der Waals surface area contributed by atoms with E-state index in [1.807, 2.05) is 6.92 Å². The molecule has 1 aromatic carbocycles. The van der Waals surface area contributed by atoms with E-state index >= 15 is 0 Å². The van der Waals surface area contributed by atoms with Gasteiger partial charge in [-0.15, -0.1) is 0 Å². The van der Waals surface area contributed by atoms with Crippen molar-refractivity contribution >= 4 is 29.0 Å². The van der Waals surface area contributed by atoms with Gasteiger partial charge in [0.15, 0.2) is 0 Å². The number of ether oxygens (including phenoxy) is 1. The molecule has 2 rings (SSSR count). The number of fused-ring (bicyclic) bond motifs is 1. The number of ketones is 1. The zero-order valence-corrected chi connectivity index (χ0v) is 10.2. The zero-order chi connectivity index (χ0) is 12.4. The Balaban J connectivity index is 2.26. The van der Waals surface area contributed by atoms with Crippen LogP contribution in [0, 0.1) is 0 Å². The van der Waals surface area contributed by atoms with Crippen LogP contribution >= 0.6 is 11.6 Å². The molecule has 0 bridgehead atoms. The van der Waals surface area contributed by atoms with Gasteiger partial charge in [-0.2, -0.15) is 0 Å². The van der Waals surface area contributed by atoms with Gasteiger partial charge in [0.1, 0.15) is 0 Å². The number of amides is 1. The Hall–Kier alpha value is -1.39. The lowest BCUT2D eigenvalue weighted by molar-refractivity contribution is -0.114. The average Bonchev–Trinajstić information content (AvgIpc) is 2.54. The number of hydrogen-bond donors (Lipinski definition) is 0. The predicted octanol–water partition coefficient (Wildman–Crippen LogP) is 1.91. The van der Waals surface area contributed by atoms with E-state index in [0.717, 1.165) is 0 Å². The highest BCUT2D eigenvalue weighted by Crippen LogP contribution is 2.31. The van der Waals surface area contributed by atoms with Crippen LogP contribution in [-0.2, 0) is 9.53 Å². The lowest BCUT2D eigenvalue weighted by Gasteiger charge is -2.16. The lowest BCUT2D eigenvalue weighted by atomic mass is 10.1. The van der Waals surface area contributed by atoms with Gasteiger partial charge in [-0.3, -0.25) is 9.59 Å².